The molecule has 0 unspecified atom stereocenters. The van der Waals surface area contributed by atoms with Gasteiger partial charge >= 0.3 is 0 Å². The Bertz CT molecular complexity index is 1180. The van der Waals surface area contributed by atoms with Gasteiger partial charge in [0.2, 0.25) is 17.7 Å². The Morgan fingerprint density at radius 2 is 1.57 bits per heavy atom. The molecule has 3 rings (SSSR count). The number of ether oxygens (including phenoxy) is 1. The molecule has 40 heavy (non-hydrogen) atoms. The number of sulfone groups is 1. The van der Waals surface area contributed by atoms with Crippen molar-refractivity contribution in [1.82, 2.24) is 16.0 Å². The summed E-state index contributed by atoms with van der Waals surface area (Å²) in [5.41, 5.74) is -0.664. The summed E-state index contributed by atoms with van der Waals surface area (Å²) in [7, 11) is -3.41. The molecule has 2 aliphatic rings. The van der Waals surface area contributed by atoms with E-state index in [1.165, 1.54) is 32.9 Å². The van der Waals surface area contributed by atoms with Gasteiger partial charge in [-0.15, -0.1) is 0 Å². The zero-order valence-electron chi connectivity index (χ0n) is 23.6. The molecule has 1 aliphatic heterocycles. The van der Waals surface area contributed by atoms with Crippen LogP contribution in [0.1, 0.15) is 64.9 Å². The smallest absolute Gasteiger partial charge is 0.243 e. The van der Waals surface area contributed by atoms with E-state index < -0.39 is 57.4 Å². The number of epoxide rings is 1. The van der Waals surface area contributed by atoms with E-state index in [9.17, 15) is 32.7 Å². The molecule has 222 valence electrons. The molecule has 0 bridgehead atoms. The highest BCUT2D eigenvalue weighted by atomic mass is 32.2. The fraction of sp³-hybridized carbons (Fsp3) is 0.643. The number of rotatable bonds is 14. The maximum absolute atomic E-state index is 13.5. The molecule has 1 saturated carbocycles. The Morgan fingerprint density at radius 1 is 1.00 bits per heavy atom. The fourth-order valence-corrected chi connectivity index (χ4v) is 5.53. The third-order valence-electron chi connectivity index (χ3n) is 7.14. The largest absolute Gasteiger partial charge is 0.390 e. The van der Waals surface area contributed by atoms with Crippen LogP contribution in [0.15, 0.2) is 29.2 Å². The minimum atomic E-state index is -3.41. The first-order valence-corrected chi connectivity index (χ1v) is 15.6. The van der Waals surface area contributed by atoms with Crippen molar-refractivity contribution in [1.29, 1.82) is 0 Å². The Balaban J connectivity index is 1.76. The molecular formula is C28H41N3O8S. The van der Waals surface area contributed by atoms with Gasteiger partial charge in [-0.05, 0) is 50.8 Å². The lowest BCUT2D eigenvalue weighted by Gasteiger charge is -2.26. The van der Waals surface area contributed by atoms with Crippen LogP contribution < -0.4 is 16.0 Å². The van der Waals surface area contributed by atoms with Crippen LogP contribution in [0, 0.1) is 5.92 Å². The molecule has 4 N–H and O–H groups in total. The van der Waals surface area contributed by atoms with Gasteiger partial charge in [-0.1, -0.05) is 37.8 Å². The lowest BCUT2D eigenvalue weighted by atomic mass is 9.94. The molecule has 0 radical (unpaired) electrons. The zero-order valence-corrected chi connectivity index (χ0v) is 24.4. The monoisotopic (exact) mass is 579 g/mol. The minimum absolute atomic E-state index is 0.0240. The lowest BCUT2D eigenvalue weighted by molar-refractivity contribution is -0.134. The summed E-state index contributed by atoms with van der Waals surface area (Å²) in [4.78, 5) is 51.9. The average Bonchev–Trinajstić information content (AvgIpc) is 3.57. The number of hydrogen-bond acceptors (Lipinski definition) is 8. The van der Waals surface area contributed by atoms with Gasteiger partial charge in [-0.25, -0.2) is 8.42 Å². The molecule has 1 aromatic carbocycles. The van der Waals surface area contributed by atoms with E-state index in [2.05, 4.69) is 16.0 Å². The van der Waals surface area contributed by atoms with Gasteiger partial charge in [-0.3, -0.25) is 19.2 Å². The van der Waals surface area contributed by atoms with Gasteiger partial charge in [0, 0.05) is 12.7 Å². The molecule has 1 saturated heterocycles. The first kappa shape index (κ1) is 31.7. The van der Waals surface area contributed by atoms with Crippen molar-refractivity contribution in [3.63, 3.8) is 0 Å². The van der Waals surface area contributed by atoms with Crippen molar-refractivity contribution in [3.05, 3.63) is 29.8 Å². The number of carbonyl (C=O) groups excluding carboxylic acids is 4. The van der Waals surface area contributed by atoms with Crippen LogP contribution in [-0.2, 0) is 40.2 Å². The Labute approximate surface area is 235 Å². The summed E-state index contributed by atoms with van der Waals surface area (Å²) < 4.78 is 28.9. The van der Waals surface area contributed by atoms with Crippen LogP contribution in [0.5, 0.6) is 0 Å². The highest BCUT2D eigenvalue weighted by Crippen LogP contribution is 2.30. The lowest BCUT2D eigenvalue weighted by Crippen LogP contribution is -2.56. The molecule has 1 aliphatic carbocycles. The Kier molecular flexibility index (Phi) is 10.5. The zero-order chi connectivity index (χ0) is 29.7. The maximum Gasteiger partial charge on any atom is 0.243 e. The van der Waals surface area contributed by atoms with Crippen molar-refractivity contribution in [2.45, 2.75) is 100 Å². The molecule has 1 aromatic rings. The van der Waals surface area contributed by atoms with E-state index in [0.29, 0.717) is 24.5 Å². The third-order valence-corrected chi connectivity index (χ3v) is 8.27. The first-order chi connectivity index (χ1) is 18.6. The Morgan fingerprint density at radius 3 is 2.10 bits per heavy atom. The molecule has 3 amide bonds. The SMILES string of the molecule is C[C@@H](NC(=O)CC(C)(C)O)C(=O)N[C@@H](Cc1ccc(S(C)(=O)=O)cc1)C(=O)N[C@@H](CC1CCCC1)C(=O)[C@H]1CO1. The molecule has 11 nitrogen and oxygen atoms in total. The van der Waals surface area contributed by atoms with Crippen LogP contribution in [0.2, 0.25) is 0 Å². The van der Waals surface area contributed by atoms with Gasteiger partial charge in [0.15, 0.2) is 15.6 Å². The molecule has 12 heteroatoms. The summed E-state index contributed by atoms with van der Waals surface area (Å²) >= 11 is 0. The summed E-state index contributed by atoms with van der Waals surface area (Å²) in [6.45, 7) is 4.74. The topological polar surface area (TPSA) is 171 Å². The molecule has 0 spiro atoms. The number of Topliss-reactive ketones (excluding diaryl/α,β-unsaturated/α-hetero) is 1. The standard InChI is InChI=1S/C28H41N3O8S/c1-17(29-24(32)15-28(2,3)36)26(34)31-22(14-19-9-11-20(12-10-19)40(4,37)38)27(35)30-21(25(33)23-16-39-23)13-18-7-5-6-8-18/h9-12,17-18,21-23,36H,5-8,13-16H2,1-4H3,(H,29,32)(H,30,35)(H,31,34)/t17-,21+,22+,23-/m1/s1. The van der Waals surface area contributed by atoms with Crippen molar-refractivity contribution < 1.29 is 37.4 Å². The van der Waals surface area contributed by atoms with Gasteiger partial charge in [-0.2, -0.15) is 0 Å². The van der Waals surface area contributed by atoms with E-state index in [0.717, 1.165) is 31.9 Å². The molecular weight excluding hydrogens is 538 g/mol. The highest BCUT2D eigenvalue weighted by molar-refractivity contribution is 7.90. The molecule has 1 heterocycles. The quantitative estimate of drug-likeness (QED) is 0.235. The number of hydrogen-bond donors (Lipinski definition) is 4. The van der Waals surface area contributed by atoms with E-state index in [-0.39, 0.29) is 23.5 Å². The number of benzene rings is 1. The van der Waals surface area contributed by atoms with Crippen LogP contribution in [-0.4, -0.2) is 79.7 Å². The minimum Gasteiger partial charge on any atom is -0.390 e. The summed E-state index contributed by atoms with van der Waals surface area (Å²) in [5.74, 6) is -1.58. The van der Waals surface area contributed by atoms with Gasteiger partial charge in [0.1, 0.15) is 18.2 Å². The van der Waals surface area contributed by atoms with E-state index >= 15 is 0 Å². The number of ketones is 1. The van der Waals surface area contributed by atoms with Crippen LogP contribution in [0.25, 0.3) is 0 Å². The van der Waals surface area contributed by atoms with Crippen molar-refractivity contribution in [2.24, 2.45) is 5.92 Å². The van der Waals surface area contributed by atoms with E-state index in [1.807, 2.05) is 0 Å². The van der Waals surface area contributed by atoms with Crippen molar-refractivity contribution in [3.8, 4) is 0 Å². The summed E-state index contributed by atoms with van der Waals surface area (Å²) in [5, 5.41) is 17.9. The van der Waals surface area contributed by atoms with Gasteiger partial charge < -0.3 is 25.8 Å². The van der Waals surface area contributed by atoms with E-state index in [4.69, 9.17) is 4.74 Å². The predicted octanol–water partition coefficient (Wildman–Crippen LogP) is 0.816. The van der Waals surface area contributed by atoms with Gasteiger partial charge in [0.25, 0.3) is 0 Å². The second-order valence-corrected chi connectivity index (χ2v) is 13.6. The van der Waals surface area contributed by atoms with Crippen molar-refractivity contribution >= 4 is 33.3 Å². The summed E-state index contributed by atoms with van der Waals surface area (Å²) in [6.07, 6.45) is 5.01. The predicted molar refractivity (Wildman–Crippen MR) is 147 cm³/mol. The maximum atomic E-state index is 13.5. The van der Waals surface area contributed by atoms with Crippen LogP contribution >= 0.6 is 0 Å². The number of amides is 3. The van der Waals surface area contributed by atoms with Gasteiger partial charge in [0.05, 0.1) is 29.6 Å². The second kappa shape index (κ2) is 13.2. The van der Waals surface area contributed by atoms with Crippen LogP contribution in [0.3, 0.4) is 0 Å². The van der Waals surface area contributed by atoms with Crippen molar-refractivity contribution in [2.75, 3.05) is 12.9 Å². The third kappa shape index (κ3) is 9.97. The average molecular weight is 580 g/mol. The molecule has 4 atom stereocenters. The number of nitrogens with one attached hydrogen (secondary N) is 3. The molecule has 2 fully saturated rings. The second-order valence-electron chi connectivity index (χ2n) is 11.6. The van der Waals surface area contributed by atoms with Crippen LogP contribution in [0.4, 0.5) is 0 Å². The highest BCUT2D eigenvalue weighted by Gasteiger charge is 2.39. The fourth-order valence-electron chi connectivity index (χ4n) is 4.90. The molecule has 0 aromatic heterocycles. The number of aliphatic hydroxyl groups is 1. The Hall–Kier alpha value is -2.83. The number of carbonyl (C=O) groups is 4. The summed E-state index contributed by atoms with van der Waals surface area (Å²) in [6, 6.07) is 3.12. The van der Waals surface area contributed by atoms with E-state index in [1.54, 1.807) is 12.1 Å². The first-order valence-electron chi connectivity index (χ1n) is 13.7. The normalized spacial score (nSPS) is 19.8.